The predicted molar refractivity (Wildman–Crippen MR) is 190 cm³/mol. The summed E-state index contributed by atoms with van der Waals surface area (Å²) in [6.07, 6.45) is 5.05. The van der Waals surface area contributed by atoms with Crippen molar-refractivity contribution in [3.05, 3.63) is 139 Å². The second-order valence-corrected chi connectivity index (χ2v) is 13.9. The van der Waals surface area contributed by atoms with Crippen LogP contribution >= 0.6 is 22.6 Å². The van der Waals surface area contributed by atoms with E-state index in [1.807, 2.05) is 25.6 Å². The van der Waals surface area contributed by atoms with Gasteiger partial charge in [-0.2, -0.15) is 0 Å². The van der Waals surface area contributed by atoms with Crippen molar-refractivity contribution in [2.24, 2.45) is 0 Å². The van der Waals surface area contributed by atoms with Crippen molar-refractivity contribution in [1.29, 1.82) is 0 Å². The van der Waals surface area contributed by atoms with Gasteiger partial charge in [-0.1, -0.05) is 114 Å². The Morgan fingerprint density at radius 2 is 1.02 bits per heavy atom. The van der Waals surface area contributed by atoms with E-state index in [2.05, 4.69) is 23.3 Å². The molecule has 0 radical (unpaired) electrons. The van der Waals surface area contributed by atoms with E-state index in [0.717, 1.165) is 0 Å². The van der Waals surface area contributed by atoms with E-state index in [0.29, 0.717) is 0 Å². The molecular weight excluding hydrogens is 627 g/mol. The van der Waals surface area contributed by atoms with Gasteiger partial charge in [0.05, 0.1) is 21.9 Å². The Hall–Kier alpha value is -3.53. The highest BCUT2D eigenvalue weighted by Gasteiger charge is 2.07. The van der Waals surface area contributed by atoms with Gasteiger partial charge in [-0.05, 0) is 98.3 Å². The molecule has 4 aromatic rings. The summed E-state index contributed by atoms with van der Waals surface area (Å²) in [5.74, 6) is 9.23. The molecule has 210 valence electrons. The summed E-state index contributed by atoms with van der Waals surface area (Å²) in [4.78, 5) is 0. The lowest BCUT2D eigenvalue weighted by Crippen LogP contribution is -2.16. The van der Waals surface area contributed by atoms with Crippen LogP contribution in [-0.2, 0) is 0 Å². The normalized spacial score (nSPS) is 20.3. The third kappa shape index (κ3) is 18.4. The number of aliphatic hydroxyl groups is 1. The fraction of sp³-hybridized carbons (Fsp3) is 0.211. The van der Waals surface area contributed by atoms with Crippen LogP contribution in [0.15, 0.2) is 96.7 Å². The van der Waals surface area contributed by atoms with Gasteiger partial charge in [0, 0.05) is 36.7 Å². The molecule has 0 spiro atoms. The van der Waals surface area contributed by atoms with E-state index < -0.39 is 137 Å². The molecular formula is C38H41IOSi. The highest BCUT2D eigenvalue weighted by molar-refractivity contribution is 14.1. The summed E-state index contributed by atoms with van der Waals surface area (Å²) >= 11 is 1.67. The van der Waals surface area contributed by atoms with Crippen LogP contribution < -0.4 is 0 Å². The van der Waals surface area contributed by atoms with Crippen LogP contribution in [-0.4, -0.2) is 19.8 Å². The zero-order chi connectivity index (χ0) is 54.6. The summed E-state index contributed by atoms with van der Waals surface area (Å²) in [5, 5.41) is 8.55. The zero-order valence-corrected chi connectivity index (χ0v) is 25.3. The topological polar surface area (TPSA) is 20.2 Å². The van der Waals surface area contributed by atoms with E-state index >= 15 is 0 Å². The van der Waals surface area contributed by atoms with Gasteiger partial charge in [0.15, 0.2) is 0 Å². The number of terminal acetylenes is 1. The molecule has 0 amide bonds. The summed E-state index contributed by atoms with van der Waals surface area (Å²) in [6.45, 7) is -5.21. The van der Waals surface area contributed by atoms with Crippen molar-refractivity contribution in [1.82, 2.24) is 0 Å². The lowest BCUT2D eigenvalue weighted by atomic mass is 10.2. The lowest BCUT2D eigenvalue weighted by molar-refractivity contribution is 0.350. The second-order valence-electron chi connectivity index (χ2n) is 8.04. The van der Waals surface area contributed by atoms with Crippen LogP contribution in [0.2, 0.25) is 19.6 Å². The molecule has 0 saturated heterocycles. The van der Waals surface area contributed by atoms with E-state index in [-0.39, 0.29) is 44.4 Å². The summed E-state index contributed by atoms with van der Waals surface area (Å²) in [6, 6.07) is -7.89. The van der Waals surface area contributed by atoms with Gasteiger partial charge < -0.3 is 5.11 Å². The molecule has 0 saturated carbocycles. The summed E-state index contributed by atoms with van der Waals surface area (Å²) in [5.41, 5.74) is 0.227. The minimum Gasteiger partial charge on any atom is -0.384 e. The summed E-state index contributed by atoms with van der Waals surface area (Å²) < 4.78 is 208. The smallest absolute Gasteiger partial charge is 0.129 e. The molecule has 0 unspecified atom stereocenters. The van der Waals surface area contributed by atoms with Gasteiger partial charge in [0.2, 0.25) is 0 Å². The maximum Gasteiger partial charge on any atom is 0.129 e. The molecule has 0 aliphatic rings. The van der Waals surface area contributed by atoms with Gasteiger partial charge >= 0.3 is 0 Å². The highest BCUT2D eigenvalue weighted by Crippen LogP contribution is 2.05. The molecule has 4 aromatic carbocycles. The van der Waals surface area contributed by atoms with Crippen LogP contribution in [0.4, 0.5) is 0 Å². The van der Waals surface area contributed by atoms with Gasteiger partial charge in [-0.15, -0.1) is 12.0 Å². The Balaban J connectivity index is 0.000000463. The average Bonchev–Trinajstić information content (AvgIpc) is 3.19. The molecule has 0 aliphatic heterocycles. The molecule has 1 N–H and O–H groups in total. The third-order valence-corrected chi connectivity index (χ3v) is 4.88. The van der Waals surface area contributed by atoms with Crippen LogP contribution in [0, 0.1) is 66.6 Å². The van der Waals surface area contributed by atoms with E-state index in [1.54, 1.807) is 22.6 Å². The fourth-order valence-corrected chi connectivity index (χ4v) is 2.58. The molecule has 0 heterocycles. The van der Waals surface area contributed by atoms with Crippen molar-refractivity contribution >= 4 is 30.7 Å². The number of benzene rings is 4. The molecule has 3 heteroatoms. The minimum absolute atomic E-state index is 0.0320. The first-order valence-corrected chi connectivity index (χ1v) is 15.7. The Labute approximate surface area is 303 Å². The standard InChI is InChI=1S/C12H16Si.C10H10O.C9H8.C7H7I/c1-11-5-7-12(8-6-11)9-10-13(2,3)4;1-9-4-6-10(7-5-9)3-2-8-11;1-3-9-6-4-8(2)5-7-9;1-6-2-4-7(8)5-3-6/h5-8H,1-4H3;4-7,11H,8H2,1H3;1,4-7H,2H3;2-5H,1H3/i1D3,5D,6D,7D,8D;1D3,4D,5D,6D,7D;2D3,4D,5D,6D,7D;1D3,2D,3D,4D,5D. The van der Waals surface area contributed by atoms with Gasteiger partial charge in [-0.3, -0.25) is 0 Å². The number of rotatable bonds is 0. The zero-order valence-electron chi connectivity index (χ0n) is 50.1. The average molecular weight is 697 g/mol. The Morgan fingerprint density at radius 3 is 1.37 bits per heavy atom. The third-order valence-electron chi connectivity index (χ3n) is 3.47. The SMILES string of the molecule is [2H]c1c([2H])c(C([2H])([2H])[2H])c([2H])c([2H])c1C#C.[2H]c1c([2H])c(C([2H])([2H])[2H])c([2H])c([2H])c1C#CCO.[2H]c1c([2H])c(C([2H])([2H])[2H])c([2H])c([2H])c1C#C[Si](C)(C)C.[2H]c1c([2H])c(C([2H])([2H])[2H])c([2H])c([2H])c1I. The molecule has 0 aromatic heterocycles. The van der Waals surface area contributed by atoms with Crippen molar-refractivity contribution in [3.63, 3.8) is 0 Å². The Bertz CT molecular complexity index is 2670. The van der Waals surface area contributed by atoms with E-state index in [1.165, 1.54) is 0 Å². The Kier molecular flexibility index (Phi) is 5.54. The number of aliphatic hydroxyl groups excluding tert-OH is 1. The lowest BCUT2D eigenvalue weighted by Gasteiger charge is -2.03. The molecule has 1 nitrogen and oxygen atoms in total. The predicted octanol–water partition coefficient (Wildman–Crippen LogP) is 9.14. The molecule has 0 bridgehead atoms. The van der Waals surface area contributed by atoms with Gasteiger partial charge in [0.1, 0.15) is 14.7 Å². The fourth-order valence-electron chi connectivity index (χ4n) is 1.81. The molecule has 41 heavy (non-hydrogen) atoms. The molecule has 0 aliphatic carbocycles. The molecule has 0 atom stereocenters. The van der Waals surface area contributed by atoms with Gasteiger partial charge in [0.25, 0.3) is 0 Å². The minimum atomic E-state index is -2.72. The molecule has 0 fully saturated rings. The van der Waals surface area contributed by atoms with Crippen LogP contribution in [0.25, 0.3) is 0 Å². The maximum absolute atomic E-state index is 8.55. The maximum atomic E-state index is 8.55. The second kappa shape index (κ2) is 19.5. The number of hydrogen-bond donors (Lipinski definition) is 1. The van der Waals surface area contributed by atoms with Crippen LogP contribution in [0.1, 0.15) is 77.3 Å². The first-order chi connectivity index (χ1) is 31.0. The quantitative estimate of drug-likeness (QED) is 0.111. The molecule has 4 rings (SSSR count). The van der Waals surface area contributed by atoms with E-state index in [4.69, 9.17) is 49.9 Å². The van der Waals surface area contributed by atoms with Crippen LogP contribution in [0.3, 0.4) is 0 Å². The first kappa shape index (κ1) is 11.6. The highest BCUT2D eigenvalue weighted by atomic mass is 127. The van der Waals surface area contributed by atoms with Crippen molar-refractivity contribution in [2.75, 3.05) is 6.61 Å². The first-order valence-electron chi connectivity index (χ1n) is 25.1. The number of hydrogen-bond acceptors (Lipinski definition) is 1. The largest absolute Gasteiger partial charge is 0.384 e. The van der Waals surface area contributed by atoms with Crippen molar-refractivity contribution in [2.45, 2.75) is 47.0 Å². The number of halogens is 1. The van der Waals surface area contributed by atoms with Gasteiger partial charge in [-0.25, -0.2) is 0 Å². The summed E-state index contributed by atoms with van der Waals surface area (Å²) in [7, 11) is -1.73. The Morgan fingerprint density at radius 1 is 0.659 bits per heavy atom. The van der Waals surface area contributed by atoms with Crippen LogP contribution in [0.5, 0.6) is 0 Å². The monoisotopic (exact) mass is 696 g/mol. The van der Waals surface area contributed by atoms with Crippen molar-refractivity contribution in [3.8, 4) is 35.6 Å². The van der Waals surface area contributed by atoms with E-state index in [9.17, 15) is 0 Å². The van der Waals surface area contributed by atoms with Crippen molar-refractivity contribution < 1.29 is 43.5 Å².